The lowest BCUT2D eigenvalue weighted by atomic mass is 10.1. The number of fused-ring (bicyclic) bond motifs is 1. The monoisotopic (exact) mass is 302 g/mol. The highest BCUT2D eigenvalue weighted by atomic mass is 16.5. The van der Waals surface area contributed by atoms with Crippen LogP contribution in [-0.2, 0) is 11.3 Å². The Labute approximate surface area is 130 Å². The van der Waals surface area contributed by atoms with Crippen molar-refractivity contribution in [2.45, 2.75) is 26.4 Å². The molecule has 22 heavy (non-hydrogen) atoms. The van der Waals surface area contributed by atoms with E-state index < -0.39 is 5.97 Å². The molecule has 2 aromatic rings. The summed E-state index contributed by atoms with van der Waals surface area (Å²) < 4.78 is 7.65. The SMILES string of the molecule is CC(C)n1c(CN2CCOCC2)cc2c(C(=O)O)cccc21. The van der Waals surface area contributed by atoms with Crippen LogP contribution in [0, 0.1) is 0 Å². The number of ether oxygens (including phenoxy) is 1. The highest BCUT2D eigenvalue weighted by molar-refractivity contribution is 6.03. The molecule has 5 heteroatoms. The molecule has 0 unspecified atom stereocenters. The van der Waals surface area contributed by atoms with E-state index in [-0.39, 0.29) is 6.04 Å². The zero-order valence-electron chi connectivity index (χ0n) is 13.1. The Morgan fingerprint density at radius 3 is 2.68 bits per heavy atom. The number of carboxylic acid groups (broad SMARTS) is 1. The Balaban J connectivity index is 2.06. The molecule has 2 heterocycles. The Bertz CT molecular complexity index is 685. The normalized spacial score (nSPS) is 16.5. The van der Waals surface area contributed by atoms with E-state index in [0.717, 1.165) is 43.8 Å². The van der Waals surface area contributed by atoms with Gasteiger partial charge in [-0.1, -0.05) is 6.07 Å². The first kappa shape index (κ1) is 15.1. The van der Waals surface area contributed by atoms with Gasteiger partial charge < -0.3 is 14.4 Å². The minimum absolute atomic E-state index is 0.289. The molecule has 5 nitrogen and oxygen atoms in total. The van der Waals surface area contributed by atoms with Gasteiger partial charge in [-0.3, -0.25) is 4.90 Å². The molecule has 1 N–H and O–H groups in total. The van der Waals surface area contributed by atoms with E-state index in [0.29, 0.717) is 5.56 Å². The first-order valence-electron chi connectivity index (χ1n) is 7.74. The molecule has 0 amide bonds. The third-order valence-electron chi connectivity index (χ3n) is 4.20. The van der Waals surface area contributed by atoms with Crippen LogP contribution in [0.15, 0.2) is 24.3 Å². The summed E-state index contributed by atoms with van der Waals surface area (Å²) in [6.07, 6.45) is 0. The van der Waals surface area contributed by atoms with Crippen LogP contribution >= 0.6 is 0 Å². The predicted octanol–water partition coefficient (Wildman–Crippen LogP) is 2.75. The number of nitrogens with zero attached hydrogens (tertiary/aromatic N) is 2. The minimum atomic E-state index is -0.871. The third kappa shape index (κ3) is 2.74. The lowest BCUT2D eigenvalue weighted by Gasteiger charge is -2.27. The van der Waals surface area contributed by atoms with E-state index in [1.165, 1.54) is 5.69 Å². The van der Waals surface area contributed by atoms with Crippen LogP contribution in [0.3, 0.4) is 0 Å². The molecule has 0 saturated carbocycles. The zero-order chi connectivity index (χ0) is 15.7. The maximum atomic E-state index is 11.5. The molecule has 0 aliphatic carbocycles. The zero-order valence-corrected chi connectivity index (χ0v) is 13.1. The molecule has 1 aliphatic rings. The van der Waals surface area contributed by atoms with Gasteiger partial charge in [0.15, 0.2) is 0 Å². The largest absolute Gasteiger partial charge is 0.478 e. The fourth-order valence-corrected chi connectivity index (χ4v) is 3.21. The van der Waals surface area contributed by atoms with E-state index >= 15 is 0 Å². The van der Waals surface area contributed by atoms with Gasteiger partial charge >= 0.3 is 5.97 Å². The maximum absolute atomic E-state index is 11.5. The molecule has 1 aromatic carbocycles. The Morgan fingerprint density at radius 1 is 1.32 bits per heavy atom. The van der Waals surface area contributed by atoms with Crippen molar-refractivity contribution in [3.05, 3.63) is 35.5 Å². The molecule has 1 aliphatic heterocycles. The summed E-state index contributed by atoms with van der Waals surface area (Å²) in [5, 5.41) is 10.2. The van der Waals surface area contributed by atoms with Crippen LogP contribution in [0.1, 0.15) is 35.9 Å². The van der Waals surface area contributed by atoms with Crippen molar-refractivity contribution in [3.63, 3.8) is 0 Å². The molecule has 1 fully saturated rings. The Hall–Kier alpha value is -1.85. The quantitative estimate of drug-likeness (QED) is 0.943. The van der Waals surface area contributed by atoms with Gasteiger partial charge in [0.25, 0.3) is 0 Å². The highest BCUT2D eigenvalue weighted by Gasteiger charge is 2.19. The van der Waals surface area contributed by atoms with Gasteiger partial charge in [0.05, 0.1) is 18.8 Å². The molecule has 0 radical (unpaired) electrons. The van der Waals surface area contributed by atoms with E-state index in [1.807, 2.05) is 18.2 Å². The van der Waals surface area contributed by atoms with E-state index in [1.54, 1.807) is 6.07 Å². The van der Waals surface area contributed by atoms with Gasteiger partial charge in [0, 0.05) is 42.3 Å². The van der Waals surface area contributed by atoms with Gasteiger partial charge in [-0.2, -0.15) is 0 Å². The van der Waals surface area contributed by atoms with Crippen LogP contribution in [0.4, 0.5) is 0 Å². The number of benzene rings is 1. The third-order valence-corrected chi connectivity index (χ3v) is 4.20. The number of morpholine rings is 1. The summed E-state index contributed by atoms with van der Waals surface area (Å²) in [5.74, 6) is -0.871. The van der Waals surface area contributed by atoms with Gasteiger partial charge in [-0.05, 0) is 32.0 Å². The molecule has 0 atom stereocenters. The number of hydrogen-bond donors (Lipinski definition) is 1. The smallest absolute Gasteiger partial charge is 0.336 e. The Morgan fingerprint density at radius 2 is 2.05 bits per heavy atom. The molecule has 1 saturated heterocycles. The van der Waals surface area contributed by atoms with E-state index in [2.05, 4.69) is 23.3 Å². The summed E-state index contributed by atoms with van der Waals surface area (Å²) in [7, 11) is 0. The minimum Gasteiger partial charge on any atom is -0.478 e. The van der Waals surface area contributed by atoms with Crippen molar-refractivity contribution in [2.75, 3.05) is 26.3 Å². The topological polar surface area (TPSA) is 54.7 Å². The van der Waals surface area contributed by atoms with Gasteiger partial charge in [0.1, 0.15) is 0 Å². The summed E-state index contributed by atoms with van der Waals surface area (Å²) in [4.78, 5) is 13.8. The lowest BCUT2D eigenvalue weighted by Crippen LogP contribution is -2.36. The number of aromatic nitrogens is 1. The average molecular weight is 302 g/mol. The summed E-state index contributed by atoms with van der Waals surface area (Å²) in [5.41, 5.74) is 2.54. The van der Waals surface area contributed by atoms with Crippen LogP contribution in [-0.4, -0.2) is 46.8 Å². The van der Waals surface area contributed by atoms with E-state index in [4.69, 9.17) is 4.74 Å². The van der Waals surface area contributed by atoms with Crippen molar-refractivity contribution in [1.82, 2.24) is 9.47 Å². The molecular formula is C17H22N2O3. The van der Waals surface area contributed by atoms with Crippen molar-refractivity contribution < 1.29 is 14.6 Å². The van der Waals surface area contributed by atoms with E-state index in [9.17, 15) is 9.90 Å². The molecule has 0 spiro atoms. The van der Waals surface area contributed by atoms with Crippen LogP contribution < -0.4 is 0 Å². The highest BCUT2D eigenvalue weighted by Crippen LogP contribution is 2.28. The molecule has 3 rings (SSSR count). The fraction of sp³-hybridized carbons (Fsp3) is 0.471. The second-order valence-electron chi connectivity index (χ2n) is 6.03. The summed E-state index contributed by atoms with van der Waals surface area (Å²) >= 11 is 0. The van der Waals surface area contributed by atoms with Crippen LogP contribution in [0.25, 0.3) is 10.9 Å². The Kier molecular flexibility index (Phi) is 4.18. The van der Waals surface area contributed by atoms with Crippen molar-refractivity contribution in [1.29, 1.82) is 0 Å². The summed E-state index contributed by atoms with van der Waals surface area (Å²) in [6.45, 7) is 8.47. The second-order valence-corrected chi connectivity index (χ2v) is 6.03. The first-order valence-corrected chi connectivity index (χ1v) is 7.74. The van der Waals surface area contributed by atoms with Crippen molar-refractivity contribution in [2.24, 2.45) is 0 Å². The predicted molar refractivity (Wildman–Crippen MR) is 85.4 cm³/mol. The van der Waals surface area contributed by atoms with Gasteiger partial charge in [-0.15, -0.1) is 0 Å². The van der Waals surface area contributed by atoms with Crippen molar-refractivity contribution in [3.8, 4) is 0 Å². The summed E-state index contributed by atoms with van der Waals surface area (Å²) in [6, 6.07) is 7.83. The molecule has 0 bridgehead atoms. The van der Waals surface area contributed by atoms with Crippen LogP contribution in [0.2, 0.25) is 0 Å². The van der Waals surface area contributed by atoms with Gasteiger partial charge in [-0.25, -0.2) is 4.79 Å². The van der Waals surface area contributed by atoms with Crippen LogP contribution in [0.5, 0.6) is 0 Å². The lowest BCUT2D eigenvalue weighted by molar-refractivity contribution is 0.0331. The number of aromatic carboxylic acids is 1. The van der Waals surface area contributed by atoms with Crippen molar-refractivity contribution >= 4 is 16.9 Å². The number of hydrogen-bond acceptors (Lipinski definition) is 3. The molecule has 118 valence electrons. The standard InChI is InChI=1S/C17H22N2O3/c1-12(2)19-13(11-18-6-8-22-9-7-18)10-15-14(17(20)21)4-3-5-16(15)19/h3-5,10,12H,6-9,11H2,1-2H3,(H,20,21). The first-order chi connectivity index (χ1) is 10.6. The average Bonchev–Trinajstić information content (AvgIpc) is 2.85. The maximum Gasteiger partial charge on any atom is 0.336 e. The fourth-order valence-electron chi connectivity index (χ4n) is 3.21. The number of carboxylic acids is 1. The number of carbonyl (C=O) groups is 1. The van der Waals surface area contributed by atoms with Gasteiger partial charge in [0.2, 0.25) is 0 Å². The second kappa shape index (κ2) is 6.10. The molecular weight excluding hydrogens is 280 g/mol. The molecule has 1 aromatic heterocycles. The number of rotatable bonds is 4.